The molecule has 0 spiro atoms. The smallest absolute Gasteiger partial charge is 0.160 e. The van der Waals surface area contributed by atoms with Gasteiger partial charge in [0.2, 0.25) is 0 Å². The van der Waals surface area contributed by atoms with Gasteiger partial charge in [0.15, 0.2) is 11.0 Å². The summed E-state index contributed by atoms with van der Waals surface area (Å²) in [5.74, 6) is 1.15. The summed E-state index contributed by atoms with van der Waals surface area (Å²) in [5, 5.41) is 8.55. The highest BCUT2D eigenvalue weighted by atomic mass is 32.2. The minimum Gasteiger partial charge on any atom is -0.397 e. The van der Waals surface area contributed by atoms with E-state index in [2.05, 4.69) is 22.1 Å². The molecule has 1 aliphatic heterocycles. The van der Waals surface area contributed by atoms with Crippen LogP contribution in [0.4, 0.5) is 11.4 Å². The number of thioether (sulfide) groups is 1. The second kappa shape index (κ2) is 4.68. The van der Waals surface area contributed by atoms with Crippen LogP contribution in [0.25, 0.3) is 11.0 Å². The van der Waals surface area contributed by atoms with Crippen LogP contribution < -0.4 is 10.6 Å². The van der Waals surface area contributed by atoms with Gasteiger partial charge in [0.05, 0.1) is 11.4 Å². The van der Waals surface area contributed by atoms with Crippen molar-refractivity contribution < 1.29 is 4.63 Å². The molecule has 0 bridgehead atoms. The van der Waals surface area contributed by atoms with Crippen LogP contribution in [0.3, 0.4) is 0 Å². The van der Waals surface area contributed by atoms with E-state index in [4.69, 9.17) is 10.4 Å². The van der Waals surface area contributed by atoms with Gasteiger partial charge < -0.3 is 10.6 Å². The number of fused-ring (bicyclic) bond motifs is 1. The molecular formula is C12H16N4OS. The van der Waals surface area contributed by atoms with Crippen molar-refractivity contribution in [3.8, 4) is 0 Å². The molecule has 96 valence electrons. The fourth-order valence-corrected chi connectivity index (χ4v) is 3.49. The highest BCUT2D eigenvalue weighted by molar-refractivity contribution is 8.00. The fourth-order valence-electron chi connectivity index (χ4n) is 2.31. The third kappa shape index (κ3) is 1.90. The standard InChI is InChI=1S/C12H16N4OS/c1-2-8-7-16(5-6-18-8)10-4-3-9(13)11-12(10)15-17-14-11/h3-4,8H,2,5-7,13H2,1H3. The van der Waals surface area contributed by atoms with Gasteiger partial charge in [-0.1, -0.05) is 6.92 Å². The zero-order chi connectivity index (χ0) is 12.5. The van der Waals surface area contributed by atoms with Gasteiger partial charge in [-0.05, 0) is 28.9 Å². The molecule has 1 unspecified atom stereocenters. The van der Waals surface area contributed by atoms with E-state index in [1.165, 1.54) is 6.42 Å². The van der Waals surface area contributed by atoms with Gasteiger partial charge in [-0.3, -0.25) is 0 Å². The maximum Gasteiger partial charge on any atom is 0.160 e. The number of nitrogens with zero attached hydrogens (tertiary/aromatic N) is 3. The van der Waals surface area contributed by atoms with Crippen molar-refractivity contribution >= 4 is 34.2 Å². The van der Waals surface area contributed by atoms with Gasteiger partial charge in [0.1, 0.15) is 0 Å². The van der Waals surface area contributed by atoms with Crippen LogP contribution in [0.2, 0.25) is 0 Å². The summed E-state index contributed by atoms with van der Waals surface area (Å²) in [4.78, 5) is 2.36. The SMILES string of the molecule is CCC1CN(c2ccc(N)c3nonc23)CCS1. The molecule has 0 radical (unpaired) electrons. The Hall–Kier alpha value is -1.43. The molecule has 2 heterocycles. The van der Waals surface area contributed by atoms with Crippen LogP contribution in [0.5, 0.6) is 0 Å². The Morgan fingerprint density at radius 2 is 2.28 bits per heavy atom. The predicted octanol–water partition coefficient (Wildman–Crippen LogP) is 2.14. The Morgan fingerprint density at radius 3 is 3.11 bits per heavy atom. The minimum atomic E-state index is 0.619. The first-order valence-electron chi connectivity index (χ1n) is 6.17. The molecule has 1 aromatic carbocycles. The number of benzene rings is 1. The number of rotatable bonds is 2. The molecule has 1 atom stereocenters. The first-order valence-corrected chi connectivity index (χ1v) is 7.21. The monoisotopic (exact) mass is 264 g/mol. The third-order valence-electron chi connectivity index (χ3n) is 3.36. The summed E-state index contributed by atoms with van der Waals surface area (Å²) in [5.41, 5.74) is 9.01. The van der Waals surface area contributed by atoms with Crippen LogP contribution in [0.1, 0.15) is 13.3 Å². The summed E-state index contributed by atoms with van der Waals surface area (Å²) in [7, 11) is 0. The summed E-state index contributed by atoms with van der Waals surface area (Å²) in [6, 6.07) is 3.90. The zero-order valence-electron chi connectivity index (χ0n) is 10.3. The van der Waals surface area contributed by atoms with Crippen LogP contribution in [0, 0.1) is 0 Å². The molecule has 2 N–H and O–H groups in total. The molecule has 1 aliphatic rings. The highest BCUT2D eigenvalue weighted by Crippen LogP contribution is 2.32. The third-order valence-corrected chi connectivity index (χ3v) is 4.73. The number of hydrogen-bond donors (Lipinski definition) is 1. The van der Waals surface area contributed by atoms with Gasteiger partial charge in [0.25, 0.3) is 0 Å². The first kappa shape index (κ1) is 11.6. The number of anilines is 2. The molecule has 0 saturated carbocycles. The summed E-state index contributed by atoms with van der Waals surface area (Å²) in [6.07, 6.45) is 1.19. The van der Waals surface area contributed by atoms with Gasteiger partial charge in [0, 0.05) is 24.1 Å². The molecule has 5 nitrogen and oxygen atoms in total. The lowest BCUT2D eigenvalue weighted by atomic mass is 10.2. The van der Waals surface area contributed by atoms with E-state index in [-0.39, 0.29) is 0 Å². The molecule has 1 aromatic heterocycles. The van der Waals surface area contributed by atoms with E-state index in [0.29, 0.717) is 16.5 Å². The van der Waals surface area contributed by atoms with Gasteiger partial charge in [-0.25, -0.2) is 4.63 Å². The van der Waals surface area contributed by atoms with Crippen molar-refractivity contribution in [2.45, 2.75) is 18.6 Å². The average Bonchev–Trinajstić information content (AvgIpc) is 2.89. The molecule has 6 heteroatoms. The molecule has 2 aromatic rings. The molecule has 1 fully saturated rings. The molecule has 18 heavy (non-hydrogen) atoms. The van der Waals surface area contributed by atoms with Crippen molar-refractivity contribution in [3.63, 3.8) is 0 Å². The van der Waals surface area contributed by atoms with Crippen LogP contribution in [-0.2, 0) is 0 Å². The Balaban J connectivity index is 1.98. The first-order chi connectivity index (χ1) is 8.79. The van der Waals surface area contributed by atoms with E-state index in [1.54, 1.807) is 0 Å². The Kier molecular flexibility index (Phi) is 3.03. The van der Waals surface area contributed by atoms with E-state index < -0.39 is 0 Å². The summed E-state index contributed by atoms with van der Waals surface area (Å²) in [6.45, 7) is 4.32. The Morgan fingerprint density at radius 1 is 1.44 bits per heavy atom. The highest BCUT2D eigenvalue weighted by Gasteiger charge is 2.22. The van der Waals surface area contributed by atoms with Gasteiger partial charge in [-0.2, -0.15) is 11.8 Å². The van der Waals surface area contributed by atoms with Crippen molar-refractivity contribution in [2.24, 2.45) is 0 Å². The van der Waals surface area contributed by atoms with Gasteiger partial charge >= 0.3 is 0 Å². The van der Waals surface area contributed by atoms with E-state index in [0.717, 1.165) is 30.0 Å². The number of hydrogen-bond acceptors (Lipinski definition) is 6. The van der Waals surface area contributed by atoms with Crippen LogP contribution in [0.15, 0.2) is 16.8 Å². The number of nitrogens with two attached hydrogens (primary N) is 1. The van der Waals surface area contributed by atoms with Crippen molar-refractivity contribution in [2.75, 3.05) is 29.5 Å². The van der Waals surface area contributed by atoms with Crippen LogP contribution >= 0.6 is 11.8 Å². The quantitative estimate of drug-likeness (QED) is 0.838. The normalized spacial score (nSPS) is 20.5. The number of aromatic nitrogens is 2. The second-order valence-electron chi connectivity index (χ2n) is 4.48. The van der Waals surface area contributed by atoms with Crippen molar-refractivity contribution in [3.05, 3.63) is 12.1 Å². The maximum atomic E-state index is 5.87. The minimum absolute atomic E-state index is 0.619. The lowest BCUT2D eigenvalue weighted by molar-refractivity contribution is 0.315. The van der Waals surface area contributed by atoms with Crippen LogP contribution in [-0.4, -0.2) is 34.4 Å². The summed E-state index contributed by atoms with van der Waals surface area (Å²) >= 11 is 2.05. The van der Waals surface area contributed by atoms with E-state index >= 15 is 0 Å². The van der Waals surface area contributed by atoms with Crippen molar-refractivity contribution in [1.82, 2.24) is 10.3 Å². The van der Waals surface area contributed by atoms with Gasteiger partial charge in [-0.15, -0.1) is 0 Å². The topological polar surface area (TPSA) is 68.2 Å². The van der Waals surface area contributed by atoms with E-state index in [9.17, 15) is 0 Å². The molecule has 3 rings (SSSR count). The second-order valence-corrected chi connectivity index (χ2v) is 5.89. The maximum absolute atomic E-state index is 5.87. The lowest BCUT2D eigenvalue weighted by Gasteiger charge is -2.33. The molecule has 0 aliphatic carbocycles. The molecule has 0 amide bonds. The lowest BCUT2D eigenvalue weighted by Crippen LogP contribution is -2.37. The Bertz CT molecular complexity index is 556. The summed E-state index contributed by atoms with van der Waals surface area (Å²) < 4.78 is 4.82. The van der Waals surface area contributed by atoms with Crippen molar-refractivity contribution in [1.29, 1.82) is 0 Å². The number of nitrogen functional groups attached to an aromatic ring is 1. The average molecular weight is 264 g/mol. The largest absolute Gasteiger partial charge is 0.397 e. The van der Waals surface area contributed by atoms with E-state index in [1.807, 2.05) is 23.9 Å². The molecule has 1 saturated heterocycles. The fraction of sp³-hybridized carbons (Fsp3) is 0.500. The predicted molar refractivity (Wildman–Crippen MR) is 75.0 cm³/mol. The molecular weight excluding hydrogens is 248 g/mol. The zero-order valence-corrected chi connectivity index (χ0v) is 11.1. The Labute approximate surface area is 110 Å².